The number of hydrogen-bond acceptors (Lipinski definition) is 6. The van der Waals surface area contributed by atoms with Gasteiger partial charge in [-0.15, -0.1) is 6.58 Å². The highest BCUT2D eigenvalue weighted by Crippen LogP contribution is 2.35. The van der Waals surface area contributed by atoms with Crippen LogP contribution < -0.4 is 21.3 Å². The van der Waals surface area contributed by atoms with Crippen LogP contribution in [0.15, 0.2) is 12.7 Å². The summed E-state index contributed by atoms with van der Waals surface area (Å²) in [5.74, 6) is -1.68. The Morgan fingerprint density at radius 1 is 0.920 bits per heavy atom. The Morgan fingerprint density at radius 2 is 1.52 bits per heavy atom. The average Bonchev–Trinajstić information content (AvgIpc) is 3.75. The van der Waals surface area contributed by atoms with E-state index in [9.17, 15) is 28.2 Å². The zero-order valence-corrected chi connectivity index (χ0v) is 33.0. The summed E-state index contributed by atoms with van der Waals surface area (Å²) in [5, 5.41) is 11.4. The molecule has 3 fully saturated rings. The van der Waals surface area contributed by atoms with Crippen molar-refractivity contribution in [3.8, 4) is 0 Å². The molecule has 2 aliphatic carbocycles. The number of carbonyl (C=O) groups excluding carboxylic acids is 5. The first-order valence-corrected chi connectivity index (χ1v) is 20.3. The van der Waals surface area contributed by atoms with Gasteiger partial charge in [0.15, 0.2) is 0 Å². The first kappa shape index (κ1) is 43.4. The molecule has 3 aliphatic rings. The monoisotopic (exact) mass is 721 g/mol. The van der Waals surface area contributed by atoms with Crippen LogP contribution in [0, 0.1) is 11.3 Å². The van der Waals surface area contributed by atoms with Crippen LogP contribution in [0.5, 0.6) is 0 Å². The number of carbonyl (C=O) groups is 5. The van der Waals surface area contributed by atoms with Crippen molar-refractivity contribution in [2.24, 2.45) is 11.3 Å². The van der Waals surface area contributed by atoms with Gasteiger partial charge in [-0.1, -0.05) is 93.1 Å². The fourth-order valence-electron chi connectivity index (χ4n) is 6.65. The SMILES string of the molecule is C=CCNC(=O)C(=O)C(CC1CC1)NC(=O)[C@@H]1CCCN1C(=O)[C@@H](NC(=O)NC1(CS(=O)C(C)(CC)CC)CCCCC1)C(C)(C)C.CCC. The summed E-state index contributed by atoms with van der Waals surface area (Å²) >= 11 is 0. The third-order valence-electron chi connectivity index (χ3n) is 10.4. The average molecular weight is 722 g/mol. The van der Waals surface area contributed by atoms with Gasteiger partial charge in [-0.25, -0.2) is 4.79 Å². The normalized spacial score (nSPS) is 20.6. The van der Waals surface area contributed by atoms with Gasteiger partial charge in [0, 0.05) is 34.4 Å². The van der Waals surface area contributed by atoms with Crippen LogP contribution in [0.2, 0.25) is 0 Å². The number of amides is 5. The largest absolute Gasteiger partial charge is 0.346 e. The Bertz CT molecular complexity index is 1200. The Hall–Kier alpha value is -2.76. The summed E-state index contributed by atoms with van der Waals surface area (Å²) in [4.78, 5) is 68.4. The van der Waals surface area contributed by atoms with Crippen LogP contribution in [-0.4, -0.2) is 85.9 Å². The lowest BCUT2D eigenvalue weighted by molar-refractivity contribution is -0.143. The van der Waals surface area contributed by atoms with Gasteiger partial charge in [0.05, 0.1) is 11.6 Å². The van der Waals surface area contributed by atoms with E-state index >= 15 is 0 Å². The number of nitrogens with zero attached hydrogens (tertiary/aromatic N) is 1. The summed E-state index contributed by atoms with van der Waals surface area (Å²) in [6.45, 7) is 20.0. The minimum atomic E-state index is -1.16. The molecule has 0 aromatic carbocycles. The Kier molecular flexibility index (Phi) is 17.1. The molecule has 0 bridgehead atoms. The minimum Gasteiger partial charge on any atom is -0.346 e. The lowest BCUT2D eigenvalue weighted by Crippen LogP contribution is -2.63. The van der Waals surface area contributed by atoms with E-state index in [0.717, 1.165) is 57.8 Å². The van der Waals surface area contributed by atoms with Gasteiger partial charge in [0.2, 0.25) is 17.6 Å². The first-order chi connectivity index (χ1) is 23.5. The molecule has 1 aliphatic heterocycles. The van der Waals surface area contributed by atoms with Crippen molar-refractivity contribution in [1.82, 2.24) is 26.2 Å². The Balaban J connectivity index is 0.00000278. The summed E-state index contributed by atoms with van der Waals surface area (Å²) in [7, 11) is -1.16. The van der Waals surface area contributed by atoms with E-state index in [0.29, 0.717) is 31.6 Å². The number of likely N-dealkylation sites (tertiary alicyclic amines) is 1. The molecule has 1 heterocycles. The van der Waals surface area contributed by atoms with Gasteiger partial charge in [-0.05, 0) is 63.2 Å². The fraction of sp³-hybridized carbons (Fsp3) is 0.816. The minimum absolute atomic E-state index is 0.143. The lowest BCUT2D eigenvalue weighted by atomic mass is 9.83. The van der Waals surface area contributed by atoms with E-state index in [-0.39, 0.29) is 23.1 Å². The molecule has 3 rings (SSSR count). The third-order valence-corrected chi connectivity index (χ3v) is 12.9. The van der Waals surface area contributed by atoms with Crippen molar-refractivity contribution in [2.45, 2.75) is 167 Å². The van der Waals surface area contributed by atoms with E-state index in [1.807, 2.05) is 41.5 Å². The zero-order chi connectivity index (χ0) is 37.7. The third kappa shape index (κ3) is 12.5. The van der Waals surface area contributed by atoms with Crippen LogP contribution in [-0.2, 0) is 30.0 Å². The molecule has 4 N–H and O–H groups in total. The lowest BCUT2D eigenvalue weighted by Gasteiger charge is -2.41. The van der Waals surface area contributed by atoms with E-state index in [1.54, 1.807) is 0 Å². The van der Waals surface area contributed by atoms with E-state index in [4.69, 9.17) is 0 Å². The van der Waals surface area contributed by atoms with E-state index in [1.165, 1.54) is 17.4 Å². The molecule has 1 saturated heterocycles. The molecule has 5 amide bonds. The van der Waals surface area contributed by atoms with Crippen molar-refractivity contribution in [1.29, 1.82) is 0 Å². The smallest absolute Gasteiger partial charge is 0.315 e. The highest BCUT2D eigenvalue weighted by molar-refractivity contribution is 7.86. The standard InChI is InChI=1S/C35H59N5O6S.C3H8/c1-8-20-36-30(43)27(41)25(22-24-16-17-24)37-29(42)26-15-14-21-40(26)31(44)28(33(4,5)6)38-32(45)39-35(18-12-11-13-19-35)23-47(46)34(7,9-2)10-3;1-3-2/h8,24-26,28H,1,9-23H2,2-7H3,(H,36,43)(H,37,42)(H2,38,39,45);3H2,1-2H3/t25?,26-,28+,47?;/m0./s1. The van der Waals surface area contributed by atoms with Crippen molar-refractivity contribution in [3.05, 3.63) is 12.7 Å². The molecule has 0 radical (unpaired) electrons. The Labute approximate surface area is 304 Å². The zero-order valence-electron chi connectivity index (χ0n) is 32.2. The van der Waals surface area contributed by atoms with Gasteiger partial charge in [0.25, 0.3) is 5.91 Å². The number of hydrogen-bond donors (Lipinski definition) is 4. The second-order valence-electron chi connectivity index (χ2n) is 15.9. The van der Waals surface area contributed by atoms with Gasteiger partial charge in [-0.3, -0.25) is 23.4 Å². The predicted octanol–water partition coefficient (Wildman–Crippen LogP) is 5.29. The fourth-order valence-corrected chi connectivity index (χ4v) is 8.51. The van der Waals surface area contributed by atoms with Crippen LogP contribution in [0.3, 0.4) is 0 Å². The van der Waals surface area contributed by atoms with Crippen molar-refractivity contribution in [3.63, 3.8) is 0 Å². The molecule has 11 nitrogen and oxygen atoms in total. The van der Waals surface area contributed by atoms with Gasteiger partial charge >= 0.3 is 6.03 Å². The molecule has 2 unspecified atom stereocenters. The van der Waals surface area contributed by atoms with Crippen LogP contribution in [0.4, 0.5) is 4.79 Å². The molecule has 286 valence electrons. The van der Waals surface area contributed by atoms with Crippen molar-refractivity contribution >= 4 is 40.3 Å². The number of rotatable bonds is 16. The molecule has 12 heteroatoms. The number of urea groups is 1. The molecule has 2 saturated carbocycles. The first-order valence-electron chi connectivity index (χ1n) is 19.0. The summed E-state index contributed by atoms with van der Waals surface area (Å²) in [5.41, 5.74) is -1.31. The molecule has 0 spiro atoms. The maximum atomic E-state index is 14.1. The van der Waals surface area contributed by atoms with Gasteiger partial charge in [-0.2, -0.15) is 0 Å². The number of Topliss-reactive ketones (excluding diaryl/α,β-unsaturated/α-hetero) is 1. The second-order valence-corrected chi connectivity index (χ2v) is 17.9. The molecule has 50 heavy (non-hydrogen) atoms. The predicted molar refractivity (Wildman–Crippen MR) is 201 cm³/mol. The van der Waals surface area contributed by atoms with Gasteiger partial charge < -0.3 is 26.2 Å². The van der Waals surface area contributed by atoms with Crippen molar-refractivity contribution < 1.29 is 28.2 Å². The summed E-state index contributed by atoms with van der Waals surface area (Å²) in [6, 6.07) is -3.21. The van der Waals surface area contributed by atoms with Crippen LogP contribution >= 0.6 is 0 Å². The second kappa shape index (κ2) is 19.7. The summed E-state index contributed by atoms with van der Waals surface area (Å²) in [6.07, 6.45) is 11.9. The molecular weight excluding hydrogens is 655 g/mol. The molecule has 4 atom stereocenters. The quantitative estimate of drug-likeness (QED) is 0.126. The highest BCUT2D eigenvalue weighted by Gasteiger charge is 2.45. The van der Waals surface area contributed by atoms with E-state index < -0.39 is 63.5 Å². The maximum Gasteiger partial charge on any atom is 0.315 e. The van der Waals surface area contributed by atoms with Crippen LogP contribution in [0.25, 0.3) is 0 Å². The molecule has 0 aromatic heterocycles. The molecular formula is C38H67N5O6S. The highest BCUT2D eigenvalue weighted by atomic mass is 32.2. The molecule has 0 aromatic rings. The number of ketones is 1. The summed E-state index contributed by atoms with van der Waals surface area (Å²) < 4.78 is 13.3. The van der Waals surface area contributed by atoms with Crippen molar-refractivity contribution in [2.75, 3.05) is 18.8 Å². The Morgan fingerprint density at radius 3 is 2.04 bits per heavy atom. The van der Waals surface area contributed by atoms with Crippen LogP contribution in [0.1, 0.15) is 139 Å². The topological polar surface area (TPSA) is 154 Å². The van der Waals surface area contributed by atoms with E-state index in [2.05, 4.69) is 41.7 Å². The maximum absolute atomic E-state index is 14.1. The van der Waals surface area contributed by atoms with Gasteiger partial charge in [0.1, 0.15) is 12.1 Å². The number of nitrogens with one attached hydrogen (secondary N) is 4.